The van der Waals surface area contributed by atoms with Gasteiger partial charge in [-0.15, -0.1) is 0 Å². The Balaban J connectivity index is 3.30. The molecule has 86 valence electrons. The van der Waals surface area contributed by atoms with Gasteiger partial charge >= 0.3 is 6.61 Å². The van der Waals surface area contributed by atoms with Gasteiger partial charge in [0.2, 0.25) is 0 Å². The average Bonchev–Trinajstić information content (AvgIpc) is 2.28. The van der Waals surface area contributed by atoms with Gasteiger partial charge in [0.1, 0.15) is 6.29 Å². The number of alkyl halides is 2. The molecule has 0 aliphatic carbocycles. The molecule has 0 aliphatic rings. The first-order chi connectivity index (χ1) is 7.62. The zero-order chi connectivity index (χ0) is 12.1. The van der Waals surface area contributed by atoms with Gasteiger partial charge in [0.25, 0.3) is 0 Å². The van der Waals surface area contributed by atoms with Crippen molar-refractivity contribution in [3.8, 4) is 11.5 Å². The number of benzene rings is 1. The van der Waals surface area contributed by atoms with Crippen LogP contribution in [0.15, 0.2) is 12.1 Å². The summed E-state index contributed by atoms with van der Waals surface area (Å²) in [6.07, 6.45) is 0.787. The monoisotopic (exact) mass is 230 g/mol. The maximum Gasteiger partial charge on any atom is 0.387 e. The fraction of sp³-hybridized carbons (Fsp3) is 0.200. The zero-order valence-corrected chi connectivity index (χ0v) is 8.28. The van der Waals surface area contributed by atoms with Crippen molar-refractivity contribution in [2.24, 2.45) is 0 Å². The molecule has 0 unspecified atom stereocenters. The maximum atomic E-state index is 12.1. The van der Waals surface area contributed by atoms with Crippen LogP contribution in [0.3, 0.4) is 0 Å². The standard InChI is InChI=1S/C10H8F2O4/c1-15-8-3-6(4-13)2-7(5-14)9(8)16-10(11)12/h2-5,10H,1H3. The Bertz CT molecular complexity index is 404. The summed E-state index contributed by atoms with van der Waals surface area (Å²) in [6, 6.07) is 2.35. The summed E-state index contributed by atoms with van der Waals surface area (Å²) in [7, 11) is 1.22. The van der Waals surface area contributed by atoms with Crippen molar-refractivity contribution in [2.45, 2.75) is 6.61 Å². The number of methoxy groups -OCH3 is 1. The number of carbonyl (C=O) groups is 2. The van der Waals surface area contributed by atoms with Crippen molar-refractivity contribution >= 4 is 12.6 Å². The van der Waals surface area contributed by atoms with Crippen LogP contribution in [0, 0.1) is 0 Å². The molecule has 1 aromatic rings. The minimum absolute atomic E-state index is 0.0907. The quantitative estimate of drug-likeness (QED) is 0.725. The van der Waals surface area contributed by atoms with Crippen molar-refractivity contribution < 1.29 is 27.8 Å². The van der Waals surface area contributed by atoms with Gasteiger partial charge in [-0.25, -0.2) is 0 Å². The van der Waals surface area contributed by atoms with Crippen LogP contribution in [-0.4, -0.2) is 26.3 Å². The number of hydrogen-bond acceptors (Lipinski definition) is 4. The maximum absolute atomic E-state index is 12.1. The highest BCUT2D eigenvalue weighted by Gasteiger charge is 2.16. The largest absolute Gasteiger partial charge is 0.493 e. The van der Waals surface area contributed by atoms with Crippen LogP contribution in [0.25, 0.3) is 0 Å². The van der Waals surface area contributed by atoms with E-state index in [4.69, 9.17) is 4.74 Å². The smallest absolute Gasteiger partial charge is 0.387 e. The van der Waals surface area contributed by atoms with Gasteiger partial charge in [0, 0.05) is 5.56 Å². The first-order valence-electron chi connectivity index (χ1n) is 4.19. The predicted octanol–water partition coefficient (Wildman–Crippen LogP) is 1.92. The number of carbonyl (C=O) groups excluding carboxylic acids is 2. The molecule has 0 radical (unpaired) electrons. The van der Waals surface area contributed by atoms with Gasteiger partial charge < -0.3 is 9.47 Å². The first kappa shape index (κ1) is 12.1. The molecule has 0 saturated heterocycles. The molecule has 4 nitrogen and oxygen atoms in total. The second kappa shape index (κ2) is 5.20. The van der Waals surface area contributed by atoms with Crippen LogP contribution in [0.1, 0.15) is 20.7 Å². The highest BCUT2D eigenvalue weighted by Crippen LogP contribution is 2.32. The highest BCUT2D eigenvalue weighted by atomic mass is 19.3. The lowest BCUT2D eigenvalue weighted by Crippen LogP contribution is -2.06. The minimum Gasteiger partial charge on any atom is -0.493 e. The van der Waals surface area contributed by atoms with Crippen molar-refractivity contribution in [1.29, 1.82) is 0 Å². The summed E-state index contributed by atoms with van der Waals surface area (Å²) in [5.41, 5.74) is -0.0256. The summed E-state index contributed by atoms with van der Waals surface area (Å²) in [5, 5.41) is 0. The Morgan fingerprint density at radius 3 is 2.38 bits per heavy atom. The minimum atomic E-state index is -3.07. The zero-order valence-electron chi connectivity index (χ0n) is 8.28. The molecule has 0 heterocycles. The molecule has 0 spiro atoms. The van der Waals surface area contributed by atoms with E-state index in [0.29, 0.717) is 12.6 Å². The van der Waals surface area contributed by atoms with Gasteiger partial charge in [0.05, 0.1) is 12.7 Å². The molecule has 0 atom stereocenters. The van der Waals surface area contributed by atoms with Gasteiger partial charge in [0.15, 0.2) is 17.8 Å². The van der Waals surface area contributed by atoms with E-state index >= 15 is 0 Å². The first-order valence-corrected chi connectivity index (χ1v) is 4.19. The SMILES string of the molecule is COc1cc(C=O)cc(C=O)c1OC(F)F. The third kappa shape index (κ3) is 2.53. The van der Waals surface area contributed by atoms with Crippen LogP contribution in [0.2, 0.25) is 0 Å². The lowest BCUT2D eigenvalue weighted by Gasteiger charge is -2.12. The summed E-state index contributed by atoms with van der Waals surface area (Å²) < 4.78 is 33.1. The molecule has 1 rings (SSSR count). The highest BCUT2D eigenvalue weighted by molar-refractivity contribution is 5.87. The van der Waals surface area contributed by atoms with Gasteiger partial charge in [-0.3, -0.25) is 9.59 Å². The molecule has 0 bridgehead atoms. The molecule has 0 N–H and O–H groups in total. The van der Waals surface area contributed by atoms with Gasteiger partial charge in [-0.2, -0.15) is 8.78 Å². The fourth-order valence-corrected chi connectivity index (χ4v) is 1.17. The Morgan fingerprint density at radius 2 is 1.94 bits per heavy atom. The molecule has 0 aromatic heterocycles. The van der Waals surface area contributed by atoms with E-state index in [0.717, 1.165) is 6.07 Å². The number of rotatable bonds is 5. The van der Waals surface area contributed by atoms with Crippen LogP contribution in [-0.2, 0) is 0 Å². The predicted molar refractivity (Wildman–Crippen MR) is 50.4 cm³/mol. The van der Waals surface area contributed by atoms with E-state index < -0.39 is 6.61 Å². The molecule has 0 fully saturated rings. The second-order valence-electron chi connectivity index (χ2n) is 2.76. The van der Waals surface area contributed by atoms with Crippen molar-refractivity contribution in [3.05, 3.63) is 23.3 Å². The van der Waals surface area contributed by atoms with E-state index in [9.17, 15) is 18.4 Å². The molecule has 0 aliphatic heterocycles. The molecule has 0 amide bonds. The summed E-state index contributed by atoms with van der Waals surface area (Å²) in [6.45, 7) is -3.07. The molecule has 6 heteroatoms. The molecule has 16 heavy (non-hydrogen) atoms. The normalized spacial score (nSPS) is 10.0. The van der Waals surface area contributed by atoms with Gasteiger partial charge in [-0.1, -0.05) is 0 Å². The third-order valence-electron chi connectivity index (χ3n) is 1.80. The fourth-order valence-electron chi connectivity index (χ4n) is 1.17. The molecule has 0 saturated carbocycles. The Labute approximate surface area is 89.8 Å². The molecule has 1 aromatic carbocycles. The number of halogens is 2. The summed E-state index contributed by atoms with van der Waals surface area (Å²) >= 11 is 0. The van der Waals surface area contributed by atoms with Crippen molar-refractivity contribution in [2.75, 3.05) is 7.11 Å². The molecular weight excluding hydrogens is 222 g/mol. The summed E-state index contributed by atoms with van der Waals surface area (Å²) in [5.74, 6) is -0.467. The lowest BCUT2D eigenvalue weighted by molar-refractivity contribution is -0.0514. The number of hydrogen-bond donors (Lipinski definition) is 0. The van der Waals surface area contributed by atoms with Crippen LogP contribution in [0.5, 0.6) is 11.5 Å². The molecular formula is C10H8F2O4. The van der Waals surface area contributed by atoms with E-state index in [-0.39, 0.29) is 22.6 Å². The second-order valence-corrected chi connectivity index (χ2v) is 2.76. The van der Waals surface area contributed by atoms with E-state index in [1.807, 2.05) is 0 Å². The third-order valence-corrected chi connectivity index (χ3v) is 1.80. The Kier molecular flexibility index (Phi) is 3.93. The van der Waals surface area contributed by atoms with E-state index in [1.54, 1.807) is 0 Å². The van der Waals surface area contributed by atoms with E-state index in [1.165, 1.54) is 13.2 Å². The van der Waals surface area contributed by atoms with E-state index in [2.05, 4.69) is 4.74 Å². The Morgan fingerprint density at radius 1 is 1.25 bits per heavy atom. The van der Waals surface area contributed by atoms with Crippen LogP contribution in [0.4, 0.5) is 8.78 Å². The van der Waals surface area contributed by atoms with Crippen molar-refractivity contribution in [3.63, 3.8) is 0 Å². The van der Waals surface area contributed by atoms with Gasteiger partial charge in [-0.05, 0) is 12.1 Å². The summed E-state index contributed by atoms with van der Waals surface area (Å²) in [4.78, 5) is 21.2. The average molecular weight is 230 g/mol. The van der Waals surface area contributed by atoms with Crippen LogP contribution < -0.4 is 9.47 Å². The Hall–Kier alpha value is -1.98. The lowest BCUT2D eigenvalue weighted by atomic mass is 10.1. The van der Waals surface area contributed by atoms with Crippen molar-refractivity contribution in [1.82, 2.24) is 0 Å². The number of ether oxygens (including phenoxy) is 2. The topological polar surface area (TPSA) is 52.6 Å². The van der Waals surface area contributed by atoms with Crippen LogP contribution >= 0.6 is 0 Å². The number of aldehydes is 2.